The summed E-state index contributed by atoms with van der Waals surface area (Å²) in [4.78, 5) is 12.0. The third kappa shape index (κ3) is 5.65. The zero-order valence-electron chi connectivity index (χ0n) is 12.5. The van der Waals surface area contributed by atoms with Crippen LogP contribution in [0.3, 0.4) is 0 Å². The maximum atomic E-state index is 13.5. The first kappa shape index (κ1) is 18.5. The predicted octanol–water partition coefficient (Wildman–Crippen LogP) is 4.89. The summed E-state index contributed by atoms with van der Waals surface area (Å²) in [6, 6.07) is 10.6. The number of carbonyl (C=O) groups excluding carboxylic acids is 1. The van der Waals surface area contributed by atoms with Crippen molar-refractivity contribution < 1.29 is 18.3 Å². The van der Waals surface area contributed by atoms with Gasteiger partial charge >= 0.3 is 0 Å². The Labute approximate surface area is 152 Å². The van der Waals surface area contributed by atoms with E-state index in [2.05, 4.69) is 21.2 Å². The smallest absolute Gasteiger partial charge is 0.170 e. The molecule has 0 unspecified atom stereocenters. The van der Waals surface area contributed by atoms with Crippen molar-refractivity contribution in [3.63, 3.8) is 0 Å². The van der Waals surface area contributed by atoms with E-state index >= 15 is 0 Å². The number of hydrogen-bond donors (Lipinski definition) is 1. The summed E-state index contributed by atoms with van der Waals surface area (Å²) in [6.45, 7) is -0.0850. The maximum absolute atomic E-state index is 13.5. The van der Waals surface area contributed by atoms with Crippen molar-refractivity contribution in [1.82, 2.24) is 0 Å². The average Bonchev–Trinajstić information content (AvgIpc) is 2.56. The number of halogens is 3. The van der Waals surface area contributed by atoms with Gasteiger partial charge in [-0.2, -0.15) is 0 Å². The van der Waals surface area contributed by atoms with E-state index in [1.807, 2.05) is 12.1 Å². The second kappa shape index (κ2) is 8.84. The molecule has 0 saturated carbocycles. The van der Waals surface area contributed by atoms with Gasteiger partial charge in [-0.3, -0.25) is 4.79 Å². The number of carbonyl (C=O) groups is 1. The van der Waals surface area contributed by atoms with E-state index in [1.165, 1.54) is 6.07 Å². The lowest BCUT2D eigenvalue weighted by Gasteiger charge is -2.10. The molecule has 24 heavy (non-hydrogen) atoms. The van der Waals surface area contributed by atoms with Crippen LogP contribution >= 0.6 is 28.1 Å². The van der Waals surface area contributed by atoms with E-state index in [-0.39, 0.29) is 35.9 Å². The quantitative estimate of drug-likeness (QED) is 0.655. The highest BCUT2D eigenvalue weighted by atomic mass is 79.9. The molecule has 0 amide bonds. The van der Waals surface area contributed by atoms with Crippen molar-refractivity contribution in [2.75, 3.05) is 11.9 Å². The van der Waals surface area contributed by atoms with Gasteiger partial charge in [-0.15, -0.1) is 0 Å². The van der Waals surface area contributed by atoms with Crippen molar-refractivity contribution in [3.8, 4) is 5.75 Å². The summed E-state index contributed by atoms with van der Waals surface area (Å²) in [7, 11) is 0. The SMILES string of the molecule is O=C(CCC(=S)Nc1c(F)cccc1F)COc1ccc(Br)cc1. The Morgan fingerprint density at radius 1 is 1.08 bits per heavy atom. The lowest BCUT2D eigenvalue weighted by molar-refractivity contribution is -0.120. The standard InChI is InChI=1S/C17H14BrF2NO2S/c18-11-4-7-13(8-5-11)23-10-12(22)6-9-16(24)21-17-14(19)2-1-3-15(17)20/h1-5,7-8H,6,9-10H2,(H,21,24). The number of thiocarbonyl (C=S) groups is 1. The molecule has 0 bridgehead atoms. The number of Topliss-reactive ketones (excluding diaryl/α,β-unsaturated/α-hetero) is 1. The lowest BCUT2D eigenvalue weighted by atomic mass is 10.2. The largest absolute Gasteiger partial charge is 0.486 e. The van der Waals surface area contributed by atoms with E-state index in [0.717, 1.165) is 16.6 Å². The minimum Gasteiger partial charge on any atom is -0.486 e. The molecular formula is C17H14BrF2NO2S. The van der Waals surface area contributed by atoms with Crippen molar-refractivity contribution >= 4 is 44.6 Å². The molecule has 1 N–H and O–H groups in total. The van der Waals surface area contributed by atoms with Crippen LogP contribution in [0.2, 0.25) is 0 Å². The van der Waals surface area contributed by atoms with E-state index in [0.29, 0.717) is 5.75 Å². The Balaban J connectivity index is 1.77. The van der Waals surface area contributed by atoms with Gasteiger partial charge in [0.05, 0.1) is 4.99 Å². The van der Waals surface area contributed by atoms with Crippen molar-refractivity contribution in [2.45, 2.75) is 12.8 Å². The molecule has 0 aliphatic carbocycles. The number of anilines is 1. The normalized spacial score (nSPS) is 10.3. The number of para-hydroxylation sites is 1. The first-order valence-electron chi connectivity index (χ1n) is 7.09. The number of hydrogen-bond acceptors (Lipinski definition) is 3. The summed E-state index contributed by atoms with van der Waals surface area (Å²) < 4.78 is 33.3. The number of ether oxygens (including phenoxy) is 1. The Morgan fingerprint density at radius 3 is 2.33 bits per heavy atom. The molecule has 0 aromatic heterocycles. The molecule has 0 radical (unpaired) electrons. The number of ketones is 1. The van der Waals surface area contributed by atoms with Crippen LogP contribution in [-0.2, 0) is 4.79 Å². The van der Waals surface area contributed by atoms with Gasteiger partial charge in [-0.05, 0) is 36.4 Å². The van der Waals surface area contributed by atoms with Gasteiger partial charge in [0, 0.05) is 17.3 Å². The molecule has 3 nitrogen and oxygen atoms in total. The summed E-state index contributed by atoms with van der Waals surface area (Å²) in [5.74, 6) is -1.04. The Hall–Kier alpha value is -1.86. The minimum absolute atomic E-state index is 0.0850. The number of benzene rings is 2. The Morgan fingerprint density at radius 2 is 1.71 bits per heavy atom. The molecule has 2 aromatic carbocycles. The second-order valence-electron chi connectivity index (χ2n) is 4.93. The van der Waals surface area contributed by atoms with Crippen LogP contribution in [0.25, 0.3) is 0 Å². The number of rotatable bonds is 7. The van der Waals surface area contributed by atoms with E-state index in [1.54, 1.807) is 12.1 Å². The van der Waals surface area contributed by atoms with Gasteiger partial charge in [0.25, 0.3) is 0 Å². The number of nitrogens with one attached hydrogen (secondary N) is 1. The highest BCUT2D eigenvalue weighted by Gasteiger charge is 2.11. The molecular weight excluding hydrogens is 400 g/mol. The molecule has 0 aliphatic rings. The van der Waals surface area contributed by atoms with Crippen LogP contribution in [0, 0.1) is 11.6 Å². The van der Waals surface area contributed by atoms with Crippen LogP contribution in [-0.4, -0.2) is 17.4 Å². The van der Waals surface area contributed by atoms with Crippen LogP contribution in [0.4, 0.5) is 14.5 Å². The van der Waals surface area contributed by atoms with Gasteiger partial charge in [-0.25, -0.2) is 8.78 Å². The molecule has 126 valence electrons. The molecule has 0 saturated heterocycles. The monoisotopic (exact) mass is 413 g/mol. The van der Waals surface area contributed by atoms with Crippen LogP contribution in [0.5, 0.6) is 5.75 Å². The zero-order valence-corrected chi connectivity index (χ0v) is 14.9. The van der Waals surface area contributed by atoms with Crippen molar-refractivity contribution in [3.05, 3.63) is 58.6 Å². The summed E-state index contributed by atoms with van der Waals surface area (Å²) >= 11 is 8.33. The molecule has 0 spiro atoms. The topological polar surface area (TPSA) is 38.3 Å². The fraction of sp³-hybridized carbons (Fsp3) is 0.176. The molecule has 2 rings (SSSR count). The molecule has 0 fully saturated rings. The van der Waals surface area contributed by atoms with Crippen molar-refractivity contribution in [2.24, 2.45) is 0 Å². The predicted molar refractivity (Wildman–Crippen MR) is 96.5 cm³/mol. The minimum atomic E-state index is -0.734. The van der Waals surface area contributed by atoms with Gasteiger partial charge in [0.2, 0.25) is 0 Å². The Bertz CT molecular complexity index is 718. The highest BCUT2D eigenvalue weighted by molar-refractivity contribution is 9.10. The van der Waals surface area contributed by atoms with Gasteiger partial charge in [0.1, 0.15) is 29.7 Å². The van der Waals surface area contributed by atoms with Crippen LogP contribution < -0.4 is 10.1 Å². The third-order valence-corrected chi connectivity index (χ3v) is 3.91. The maximum Gasteiger partial charge on any atom is 0.170 e. The average molecular weight is 414 g/mol. The molecule has 2 aromatic rings. The Kier molecular flexibility index (Phi) is 6.81. The lowest BCUT2D eigenvalue weighted by Crippen LogP contribution is -2.16. The fourth-order valence-electron chi connectivity index (χ4n) is 1.84. The van der Waals surface area contributed by atoms with Crippen LogP contribution in [0.1, 0.15) is 12.8 Å². The highest BCUT2D eigenvalue weighted by Crippen LogP contribution is 2.19. The van der Waals surface area contributed by atoms with Gasteiger partial charge in [0.15, 0.2) is 5.78 Å². The fourth-order valence-corrected chi connectivity index (χ4v) is 2.31. The van der Waals surface area contributed by atoms with Crippen molar-refractivity contribution in [1.29, 1.82) is 0 Å². The summed E-state index contributed by atoms with van der Waals surface area (Å²) in [5.41, 5.74) is -0.305. The van der Waals surface area contributed by atoms with Gasteiger partial charge < -0.3 is 10.1 Å². The first-order chi connectivity index (χ1) is 11.5. The third-order valence-electron chi connectivity index (χ3n) is 3.07. The summed E-state index contributed by atoms with van der Waals surface area (Å²) in [5, 5.41) is 2.50. The van der Waals surface area contributed by atoms with E-state index < -0.39 is 11.6 Å². The first-order valence-corrected chi connectivity index (χ1v) is 8.30. The second-order valence-corrected chi connectivity index (χ2v) is 6.33. The van der Waals surface area contributed by atoms with E-state index in [4.69, 9.17) is 17.0 Å². The van der Waals surface area contributed by atoms with Gasteiger partial charge in [-0.1, -0.05) is 34.2 Å². The molecule has 7 heteroatoms. The van der Waals surface area contributed by atoms with E-state index in [9.17, 15) is 13.6 Å². The zero-order chi connectivity index (χ0) is 17.5. The molecule has 0 atom stereocenters. The summed E-state index contributed by atoms with van der Waals surface area (Å²) in [6.07, 6.45) is 0.310. The molecule has 0 aliphatic heterocycles. The molecule has 0 heterocycles. The van der Waals surface area contributed by atoms with Crippen LogP contribution in [0.15, 0.2) is 46.9 Å².